The molecule has 1 amide bonds. The number of hydrogen-bond acceptors (Lipinski definition) is 3. The maximum atomic E-state index is 11.9. The Morgan fingerprint density at radius 1 is 1.32 bits per heavy atom. The van der Waals surface area contributed by atoms with Crippen molar-refractivity contribution in [1.82, 2.24) is 10.6 Å². The molecule has 1 fully saturated rings. The second-order valence-electron chi connectivity index (χ2n) is 5.34. The van der Waals surface area contributed by atoms with Crippen LogP contribution in [0.4, 0.5) is 0 Å². The van der Waals surface area contributed by atoms with E-state index in [0.29, 0.717) is 18.5 Å². The standard InChI is InChI=1S/C15H24N2OS/c1-16-12-7-9-13(10-8-12)17-15(18)6-2-4-14-5-3-11-19-14/h3,5,11-13,16H,2,4,6-10H2,1H3,(H,17,18). The van der Waals surface area contributed by atoms with Crippen LogP contribution in [0.2, 0.25) is 0 Å². The highest BCUT2D eigenvalue weighted by Gasteiger charge is 2.20. The van der Waals surface area contributed by atoms with Gasteiger partial charge in [-0.05, 0) is 57.0 Å². The van der Waals surface area contributed by atoms with E-state index in [4.69, 9.17) is 0 Å². The highest BCUT2D eigenvalue weighted by Crippen LogP contribution is 2.18. The maximum Gasteiger partial charge on any atom is 0.220 e. The minimum atomic E-state index is 0.226. The van der Waals surface area contributed by atoms with E-state index in [1.807, 2.05) is 7.05 Å². The van der Waals surface area contributed by atoms with E-state index in [9.17, 15) is 4.79 Å². The lowest BCUT2D eigenvalue weighted by Crippen LogP contribution is -2.41. The van der Waals surface area contributed by atoms with Crippen molar-refractivity contribution in [2.75, 3.05) is 7.05 Å². The van der Waals surface area contributed by atoms with Crippen molar-refractivity contribution in [2.45, 2.75) is 57.0 Å². The van der Waals surface area contributed by atoms with E-state index < -0.39 is 0 Å². The number of nitrogens with one attached hydrogen (secondary N) is 2. The summed E-state index contributed by atoms with van der Waals surface area (Å²) in [4.78, 5) is 13.2. The summed E-state index contributed by atoms with van der Waals surface area (Å²) in [6.07, 6.45) is 7.22. The van der Waals surface area contributed by atoms with E-state index >= 15 is 0 Å². The van der Waals surface area contributed by atoms with Crippen molar-refractivity contribution in [3.8, 4) is 0 Å². The monoisotopic (exact) mass is 280 g/mol. The smallest absolute Gasteiger partial charge is 0.220 e. The summed E-state index contributed by atoms with van der Waals surface area (Å²) in [7, 11) is 2.02. The van der Waals surface area contributed by atoms with E-state index in [2.05, 4.69) is 28.1 Å². The molecule has 1 aliphatic carbocycles. The Balaban J connectivity index is 1.59. The summed E-state index contributed by atoms with van der Waals surface area (Å²) >= 11 is 1.77. The molecule has 2 N–H and O–H groups in total. The molecule has 2 rings (SSSR count). The number of aryl methyl sites for hydroxylation is 1. The largest absolute Gasteiger partial charge is 0.353 e. The van der Waals surface area contributed by atoms with E-state index in [1.54, 1.807) is 11.3 Å². The minimum Gasteiger partial charge on any atom is -0.353 e. The average molecular weight is 280 g/mol. The molecule has 0 spiro atoms. The Bertz CT molecular complexity index is 370. The van der Waals surface area contributed by atoms with Gasteiger partial charge in [0.2, 0.25) is 5.91 Å². The Morgan fingerprint density at radius 2 is 2.05 bits per heavy atom. The Labute approximate surface area is 119 Å². The highest BCUT2D eigenvalue weighted by atomic mass is 32.1. The zero-order valence-electron chi connectivity index (χ0n) is 11.7. The Hall–Kier alpha value is -0.870. The molecule has 106 valence electrons. The van der Waals surface area contributed by atoms with Gasteiger partial charge in [-0.25, -0.2) is 0 Å². The van der Waals surface area contributed by atoms with Gasteiger partial charge >= 0.3 is 0 Å². The lowest BCUT2D eigenvalue weighted by molar-refractivity contribution is -0.122. The van der Waals surface area contributed by atoms with Gasteiger partial charge in [0.25, 0.3) is 0 Å². The first-order valence-electron chi connectivity index (χ1n) is 7.27. The quantitative estimate of drug-likeness (QED) is 0.841. The molecule has 1 aromatic rings. The molecule has 1 aliphatic rings. The van der Waals surface area contributed by atoms with Crippen molar-refractivity contribution in [3.63, 3.8) is 0 Å². The van der Waals surface area contributed by atoms with Gasteiger partial charge in [0.1, 0.15) is 0 Å². The fourth-order valence-electron chi connectivity index (χ4n) is 2.70. The normalized spacial score (nSPS) is 23.2. The van der Waals surface area contributed by atoms with Crippen LogP contribution in [0.5, 0.6) is 0 Å². The summed E-state index contributed by atoms with van der Waals surface area (Å²) in [6.45, 7) is 0. The zero-order valence-corrected chi connectivity index (χ0v) is 12.5. The zero-order chi connectivity index (χ0) is 13.5. The minimum absolute atomic E-state index is 0.226. The summed E-state index contributed by atoms with van der Waals surface area (Å²) in [5, 5.41) is 8.59. The first-order valence-corrected chi connectivity index (χ1v) is 8.15. The van der Waals surface area contributed by atoms with Gasteiger partial charge in [0.05, 0.1) is 0 Å². The van der Waals surface area contributed by atoms with Crippen LogP contribution in [0.25, 0.3) is 0 Å². The molecule has 3 nitrogen and oxygen atoms in total. The van der Waals surface area contributed by atoms with Crippen LogP contribution in [-0.4, -0.2) is 25.0 Å². The Morgan fingerprint density at radius 3 is 2.68 bits per heavy atom. The number of carbonyl (C=O) groups excluding carboxylic acids is 1. The van der Waals surface area contributed by atoms with Crippen LogP contribution in [0.3, 0.4) is 0 Å². The molecular weight excluding hydrogens is 256 g/mol. The molecule has 4 heteroatoms. The molecule has 1 saturated carbocycles. The third-order valence-corrected chi connectivity index (χ3v) is 4.84. The third kappa shape index (κ3) is 4.96. The number of hydrogen-bond donors (Lipinski definition) is 2. The third-order valence-electron chi connectivity index (χ3n) is 3.91. The van der Waals surface area contributed by atoms with E-state index in [-0.39, 0.29) is 5.91 Å². The maximum absolute atomic E-state index is 11.9. The molecule has 0 aliphatic heterocycles. The van der Waals surface area contributed by atoms with Crippen LogP contribution >= 0.6 is 11.3 Å². The summed E-state index contributed by atoms with van der Waals surface area (Å²) < 4.78 is 0. The molecule has 0 aromatic carbocycles. The molecule has 19 heavy (non-hydrogen) atoms. The van der Waals surface area contributed by atoms with Crippen molar-refractivity contribution in [2.24, 2.45) is 0 Å². The van der Waals surface area contributed by atoms with Gasteiger partial charge in [-0.2, -0.15) is 0 Å². The lowest BCUT2D eigenvalue weighted by atomic mass is 9.91. The molecule has 0 atom stereocenters. The van der Waals surface area contributed by atoms with Gasteiger partial charge in [0.15, 0.2) is 0 Å². The predicted molar refractivity (Wildman–Crippen MR) is 80.5 cm³/mol. The second kappa shape index (κ2) is 7.65. The van der Waals surface area contributed by atoms with E-state index in [1.165, 1.54) is 17.7 Å². The van der Waals surface area contributed by atoms with Gasteiger partial charge in [-0.1, -0.05) is 6.07 Å². The van der Waals surface area contributed by atoms with Crippen molar-refractivity contribution >= 4 is 17.2 Å². The Kier molecular flexibility index (Phi) is 5.86. The first-order chi connectivity index (χ1) is 9.28. The number of carbonyl (C=O) groups is 1. The summed E-state index contributed by atoms with van der Waals surface area (Å²) in [5.41, 5.74) is 0. The van der Waals surface area contributed by atoms with Crippen molar-refractivity contribution in [3.05, 3.63) is 22.4 Å². The molecule has 1 heterocycles. The number of thiophene rings is 1. The van der Waals surface area contributed by atoms with Crippen LogP contribution in [0, 0.1) is 0 Å². The number of rotatable bonds is 6. The molecule has 0 radical (unpaired) electrons. The van der Waals surface area contributed by atoms with Crippen LogP contribution < -0.4 is 10.6 Å². The molecular formula is C15H24N2OS. The van der Waals surface area contributed by atoms with Crippen molar-refractivity contribution < 1.29 is 4.79 Å². The predicted octanol–water partition coefficient (Wildman–Crippen LogP) is 2.72. The van der Waals surface area contributed by atoms with Crippen LogP contribution in [-0.2, 0) is 11.2 Å². The molecule has 1 aromatic heterocycles. The lowest BCUT2D eigenvalue weighted by Gasteiger charge is -2.28. The molecule has 0 saturated heterocycles. The molecule has 0 unspecified atom stereocenters. The van der Waals surface area contributed by atoms with Crippen LogP contribution in [0.1, 0.15) is 43.4 Å². The topological polar surface area (TPSA) is 41.1 Å². The fraction of sp³-hybridized carbons (Fsp3) is 0.667. The molecule has 0 bridgehead atoms. The second-order valence-corrected chi connectivity index (χ2v) is 6.37. The number of amides is 1. The summed E-state index contributed by atoms with van der Waals surface area (Å²) in [5.74, 6) is 0.226. The van der Waals surface area contributed by atoms with Crippen LogP contribution in [0.15, 0.2) is 17.5 Å². The van der Waals surface area contributed by atoms with Crippen molar-refractivity contribution in [1.29, 1.82) is 0 Å². The summed E-state index contributed by atoms with van der Waals surface area (Å²) in [6, 6.07) is 5.26. The van der Waals surface area contributed by atoms with Gasteiger partial charge in [0, 0.05) is 23.4 Å². The van der Waals surface area contributed by atoms with E-state index in [0.717, 1.165) is 25.7 Å². The average Bonchev–Trinajstić information content (AvgIpc) is 2.93. The first kappa shape index (κ1) is 14.5. The SMILES string of the molecule is CNC1CCC(NC(=O)CCCc2cccs2)CC1. The van der Waals surface area contributed by atoms with Gasteiger partial charge in [-0.15, -0.1) is 11.3 Å². The highest BCUT2D eigenvalue weighted by molar-refractivity contribution is 7.09. The van der Waals surface area contributed by atoms with Gasteiger partial charge < -0.3 is 10.6 Å². The van der Waals surface area contributed by atoms with Gasteiger partial charge in [-0.3, -0.25) is 4.79 Å². The fourth-order valence-corrected chi connectivity index (χ4v) is 3.46.